The van der Waals surface area contributed by atoms with E-state index in [1.54, 1.807) is 6.07 Å². The molecule has 4 aliphatic rings. The molecule has 51 heavy (non-hydrogen) atoms. The first-order valence-corrected chi connectivity index (χ1v) is 20.8. The molecule has 3 N–H and O–H groups in total. The molecule has 1 amide bonds. The first kappa shape index (κ1) is 40.0. The number of rotatable bonds is 5. The van der Waals surface area contributed by atoms with Crippen LogP contribution in [0.3, 0.4) is 0 Å². The molecular formula is C40H60ClN3O6S. The number of carbonyl (C=O) groups is 1. The van der Waals surface area contributed by atoms with Gasteiger partial charge in [0.2, 0.25) is 0 Å². The van der Waals surface area contributed by atoms with Gasteiger partial charge in [0.25, 0.3) is 5.91 Å². The number of ether oxygens (including phenoxy) is 3. The van der Waals surface area contributed by atoms with Gasteiger partial charge in [-0.2, -0.15) is 0 Å². The summed E-state index contributed by atoms with van der Waals surface area (Å²) in [7, 11) is -1.50. The largest absolute Gasteiger partial charge is 0.491 e. The number of benzene rings is 2. The fourth-order valence-electron chi connectivity index (χ4n) is 8.01. The number of aliphatic hydroxyl groups is 1. The summed E-state index contributed by atoms with van der Waals surface area (Å²) in [5, 5.41) is 11.9. The van der Waals surface area contributed by atoms with E-state index in [-0.39, 0.29) is 41.3 Å². The van der Waals surface area contributed by atoms with E-state index in [2.05, 4.69) is 54.8 Å². The standard InChI is InChI=1S/C37H53ClN2O5S.C3H7NO/c1-6-10-27-19-30(38)14-15-32(27)29-22-40-21-25(4)31(7-2)33(37-43-17-9-18-44-37)12-8-11-24(3)26(5)46(42)39-36(41)28-13-16-35(45-23-29)34(40)20-28;5-3-1-4-2-3/h13-16,19-20,24-26,29,31,33,37H,6-12,17-18,21-23H2,1-5H3,(H,39,41);3-5H,1-2H2. The van der Waals surface area contributed by atoms with Crippen molar-refractivity contribution in [1.29, 1.82) is 0 Å². The van der Waals surface area contributed by atoms with Gasteiger partial charge in [0.15, 0.2) is 6.29 Å². The van der Waals surface area contributed by atoms with Crippen molar-refractivity contribution >= 4 is 34.2 Å². The molecule has 9 nitrogen and oxygen atoms in total. The zero-order valence-electron chi connectivity index (χ0n) is 31.2. The van der Waals surface area contributed by atoms with E-state index in [1.165, 1.54) is 11.1 Å². The second kappa shape index (κ2) is 19.2. The molecule has 4 aliphatic heterocycles. The maximum atomic E-state index is 13.5. The van der Waals surface area contributed by atoms with E-state index in [0.29, 0.717) is 24.0 Å². The van der Waals surface area contributed by atoms with Crippen molar-refractivity contribution < 1.29 is 28.3 Å². The summed E-state index contributed by atoms with van der Waals surface area (Å²) in [6.45, 7) is 16.1. The van der Waals surface area contributed by atoms with Gasteiger partial charge in [-0.05, 0) is 91.8 Å². The third-order valence-corrected chi connectivity index (χ3v) is 13.0. The van der Waals surface area contributed by atoms with Crippen molar-refractivity contribution in [3.8, 4) is 5.75 Å². The quantitative estimate of drug-likeness (QED) is 0.305. The van der Waals surface area contributed by atoms with Gasteiger partial charge in [0.1, 0.15) is 16.7 Å². The summed E-state index contributed by atoms with van der Waals surface area (Å²) < 4.78 is 35.2. The number of nitrogens with one attached hydrogen (secondary N) is 2. The van der Waals surface area contributed by atoms with Gasteiger partial charge in [-0.1, -0.05) is 64.6 Å². The van der Waals surface area contributed by atoms with E-state index < -0.39 is 11.0 Å². The van der Waals surface area contributed by atoms with Gasteiger partial charge in [-0.25, -0.2) is 4.21 Å². The predicted molar refractivity (Wildman–Crippen MR) is 206 cm³/mol. The van der Waals surface area contributed by atoms with Crippen LogP contribution < -0.4 is 19.7 Å². The highest BCUT2D eigenvalue weighted by molar-refractivity contribution is 7.84. The molecule has 0 spiro atoms. The topological polar surface area (TPSA) is 109 Å². The van der Waals surface area contributed by atoms with Crippen LogP contribution in [0.5, 0.6) is 5.75 Å². The molecule has 2 fully saturated rings. The highest BCUT2D eigenvalue weighted by Crippen LogP contribution is 2.40. The molecule has 2 aromatic rings. The Labute approximate surface area is 313 Å². The lowest BCUT2D eigenvalue weighted by Crippen LogP contribution is -2.46. The maximum absolute atomic E-state index is 13.5. The number of hydrogen-bond donors (Lipinski definition) is 3. The van der Waals surface area contributed by atoms with E-state index in [9.17, 15) is 9.00 Å². The number of anilines is 1. The third kappa shape index (κ3) is 10.5. The van der Waals surface area contributed by atoms with Gasteiger partial charge >= 0.3 is 0 Å². The Kier molecular flexibility index (Phi) is 15.1. The molecule has 0 saturated carbocycles. The van der Waals surface area contributed by atoms with Crippen molar-refractivity contribution in [2.24, 2.45) is 23.7 Å². The van der Waals surface area contributed by atoms with Crippen molar-refractivity contribution in [3.05, 3.63) is 58.1 Å². The monoisotopic (exact) mass is 745 g/mol. The molecule has 2 aromatic carbocycles. The molecule has 0 aromatic heterocycles. The minimum absolute atomic E-state index is 0.0463. The molecule has 11 heteroatoms. The predicted octanol–water partition coefficient (Wildman–Crippen LogP) is 6.87. The normalized spacial score (nSPS) is 29.8. The summed E-state index contributed by atoms with van der Waals surface area (Å²) in [6, 6.07) is 11.9. The summed E-state index contributed by atoms with van der Waals surface area (Å²) in [5.41, 5.74) is 3.93. The number of aryl methyl sites for hydroxylation is 1. The Morgan fingerprint density at radius 2 is 1.73 bits per heavy atom. The van der Waals surface area contributed by atoms with E-state index in [1.807, 2.05) is 25.1 Å². The molecule has 7 unspecified atom stereocenters. The smallest absolute Gasteiger partial charge is 0.263 e. The van der Waals surface area contributed by atoms with Crippen molar-refractivity contribution in [2.75, 3.05) is 50.9 Å². The van der Waals surface area contributed by atoms with E-state index >= 15 is 0 Å². The number of carbonyl (C=O) groups excluding carboxylic acids is 1. The Bertz CT molecular complexity index is 1450. The number of halogens is 1. The van der Waals surface area contributed by atoms with Crippen LogP contribution in [0.25, 0.3) is 0 Å². The fourth-order valence-corrected chi connectivity index (χ4v) is 9.25. The van der Waals surface area contributed by atoms with Crippen molar-refractivity contribution in [1.82, 2.24) is 10.0 Å². The van der Waals surface area contributed by atoms with Crippen LogP contribution in [0, 0.1) is 23.7 Å². The maximum Gasteiger partial charge on any atom is 0.263 e. The molecule has 4 heterocycles. The molecule has 0 aliphatic carbocycles. The average molecular weight is 746 g/mol. The Balaban J connectivity index is 0.000000927. The number of amides is 1. The lowest BCUT2D eigenvalue weighted by molar-refractivity contribution is -0.218. The lowest BCUT2D eigenvalue weighted by Gasteiger charge is -2.40. The molecule has 0 radical (unpaired) electrons. The zero-order chi connectivity index (χ0) is 36.5. The van der Waals surface area contributed by atoms with Crippen LogP contribution in [0.2, 0.25) is 5.02 Å². The number of hydrogen-bond acceptors (Lipinski definition) is 8. The van der Waals surface area contributed by atoms with Crippen LogP contribution in [0.4, 0.5) is 5.69 Å². The number of fused-ring (bicyclic) bond motifs is 1. The Hall–Kier alpha value is -2.21. The average Bonchev–Trinajstić information content (AvgIpc) is 3.29. The van der Waals surface area contributed by atoms with Gasteiger partial charge in [-0.3, -0.25) is 9.52 Å². The number of aliphatic hydroxyl groups excluding tert-OH is 1. The van der Waals surface area contributed by atoms with Crippen LogP contribution in [-0.4, -0.2) is 78.9 Å². The molecule has 2 saturated heterocycles. The van der Waals surface area contributed by atoms with Crippen LogP contribution in [0.15, 0.2) is 36.4 Å². The van der Waals surface area contributed by atoms with Gasteiger partial charge < -0.3 is 29.5 Å². The lowest BCUT2D eigenvalue weighted by atomic mass is 9.76. The van der Waals surface area contributed by atoms with E-state index in [0.717, 1.165) is 101 Å². The van der Waals surface area contributed by atoms with Gasteiger partial charge in [-0.15, -0.1) is 0 Å². The first-order valence-electron chi connectivity index (χ1n) is 19.2. The summed E-state index contributed by atoms with van der Waals surface area (Å²) in [6.07, 6.45) is 6.60. The molecular weight excluding hydrogens is 686 g/mol. The zero-order valence-corrected chi connectivity index (χ0v) is 32.8. The van der Waals surface area contributed by atoms with Crippen molar-refractivity contribution in [3.63, 3.8) is 0 Å². The van der Waals surface area contributed by atoms with E-state index in [4.69, 9.17) is 30.9 Å². The van der Waals surface area contributed by atoms with Gasteiger partial charge in [0, 0.05) is 48.6 Å². The second-order valence-electron chi connectivity index (χ2n) is 15.0. The first-order chi connectivity index (χ1) is 24.6. The van der Waals surface area contributed by atoms with Crippen LogP contribution in [-0.2, 0) is 26.9 Å². The SMILES string of the molecule is CCCc1cc(Cl)ccc1C1COc2ccc3cc2N(C1)CC(C)C(CC)C(C1OCCCO1)CCCC(C)C(C)S(=O)NC3=O.OC1CNC1. The highest BCUT2D eigenvalue weighted by atomic mass is 35.5. The molecule has 7 atom stereocenters. The molecule has 284 valence electrons. The Morgan fingerprint density at radius 3 is 2.39 bits per heavy atom. The van der Waals surface area contributed by atoms with Crippen molar-refractivity contribution in [2.45, 2.75) is 103 Å². The molecule has 2 bridgehead atoms. The highest BCUT2D eigenvalue weighted by Gasteiger charge is 2.37. The minimum Gasteiger partial charge on any atom is -0.491 e. The minimum atomic E-state index is -1.50. The third-order valence-electron chi connectivity index (χ3n) is 11.3. The number of nitrogens with zero attached hydrogens (tertiary/aromatic N) is 1. The van der Waals surface area contributed by atoms with Crippen LogP contribution in [0.1, 0.15) is 101 Å². The van der Waals surface area contributed by atoms with Crippen LogP contribution >= 0.6 is 11.6 Å². The fraction of sp³-hybridized carbons (Fsp3) is 0.675. The second-order valence-corrected chi connectivity index (χ2v) is 17.0. The summed E-state index contributed by atoms with van der Waals surface area (Å²) in [4.78, 5) is 15.9. The Morgan fingerprint density at radius 1 is 0.980 bits per heavy atom. The summed E-state index contributed by atoms with van der Waals surface area (Å²) in [5.74, 6) is 1.73. The molecule has 6 rings (SSSR count). The number of β-amino-alcohol motifs (C(OH)–C–C–N with tert-alkyl or cyclic N) is 1. The summed E-state index contributed by atoms with van der Waals surface area (Å²) >= 11 is 6.46. The van der Waals surface area contributed by atoms with Gasteiger partial charge in [0.05, 0.1) is 36.9 Å².